The van der Waals surface area contributed by atoms with Crippen LogP contribution in [0.3, 0.4) is 0 Å². The van der Waals surface area contributed by atoms with Crippen molar-refractivity contribution < 1.29 is 13.2 Å². The molecule has 5 nitrogen and oxygen atoms in total. The summed E-state index contributed by atoms with van der Waals surface area (Å²) in [4.78, 5) is 12.1. The number of amides is 1. The van der Waals surface area contributed by atoms with Gasteiger partial charge < -0.3 is 5.32 Å². The third-order valence-electron chi connectivity index (χ3n) is 3.27. The molecule has 1 rings (SSSR count). The summed E-state index contributed by atoms with van der Waals surface area (Å²) in [7, 11) is -0.539. The maximum atomic E-state index is 12.2. The third-order valence-corrected chi connectivity index (χ3v) is 5.23. The number of hydrogen-bond donors (Lipinski definition) is 1. The largest absolute Gasteiger partial charge is 0.326 e. The van der Waals surface area contributed by atoms with Crippen LogP contribution in [0.1, 0.15) is 25.8 Å². The van der Waals surface area contributed by atoms with Crippen molar-refractivity contribution in [1.29, 1.82) is 0 Å². The summed E-state index contributed by atoms with van der Waals surface area (Å²) in [5.74, 6) is -0.213. The van der Waals surface area contributed by atoms with E-state index in [2.05, 4.69) is 5.32 Å². The van der Waals surface area contributed by atoms with Gasteiger partial charge in [-0.1, -0.05) is 19.9 Å². The zero-order valence-electron chi connectivity index (χ0n) is 12.6. The Morgan fingerprint density at radius 3 is 2.45 bits per heavy atom. The van der Waals surface area contributed by atoms with E-state index in [0.29, 0.717) is 11.3 Å². The average molecular weight is 298 g/mol. The molecular weight excluding hydrogens is 276 g/mol. The molecule has 1 unspecified atom stereocenters. The zero-order valence-corrected chi connectivity index (χ0v) is 13.4. The summed E-state index contributed by atoms with van der Waals surface area (Å²) >= 11 is 0. The number of benzene rings is 1. The molecule has 1 N–H and O–H groups in total. The molecule has 0 aromatic heterocycles. The van der Waals surface area contributed by atoms with Crippen molar-refractivity contribution in [3.63, 3.8) is 0 Å². The minimum atomic E-state index is -3.51. The van der Waals surface area contributed by atoms with E-state index in [9.17, 15) is 13.2 Å². The van der Waals surface area contributed by atoms with Gasteiger partial charge in [0.2, 0.25) is 15.9 Å². The number of carbonyl (C=O) groups excluding carboxylic acids is 1. The van der Waals surface area contributed by atoms with Crippen LogP contribution in [0.5, 0.6) is 0 Å². The van der Waals surface area contributed by atoms with Crippen LogP contribution in [-0.4, -0.2) is 32.7 Å². The van der Waals surface area contributed by atoms with Crippen LogP contribution in [0, 0.1) is 12.8 Å². The van der Waals surface area contributed by atoms with E-state index in [1.165, 1.54) is 20.2 Å². The summed E-state index contributed by atoms with van der Waals surface area (Å²) in [6.45, 7) is 5.50. The lowest BCUT2D eigenvalue weighted by molar-refractivity contribution is -0.119. The molecule has 0 saturated heterocycles. The fourth-order valence-electron chi connectivity index (χ4n) is 1.60. The molecular formula is C14H22N2O3S. The first-order valence-corrected chi connectivity index (χ1v) is 7.98. The molecule has 0 saturated carbocycles. The second-order valence-corrected chi connectivity index (χ2v) is 7.19. The molecule has 0 fully saturated rings. The van der Waals surface area contributed by atoms with E-state index in [1.807, 2.05) is 13.8 Å². The number of nitrogens with one attached hydrogen (secondary N) is 1. The first kappa shape index (κ1) is 16.7. The van der Waals surface area contributed by atoms with Crippen LogP contribution in [0.2, 0.25) is 0 Å². The quantitative estimate of drug-likeness (QED) is 0.906. The van der Waals surface area contributed by atoms with Crippen molar-refractivity contribution in [2.24, 2.45) is 5.92 Å². The van der Waals surface area contributed by atoms with Crippen molar-refractivity contribution in [1.82, 2.24) is 4.31 Å². The molecule has 1 aromatic carbocycles. The molecule has 112 valence electrons. The molecule has 0 bridgehead atoms. The molecule has 0 spiro atoms. The normalized spacial score (nSPS) is 13.3. The van der Waals surface area contributed by atoms with Gasteiger partial charge in [0.1, 0.15) is 0 Å². The summed E-state index contributed by atoms with van der Waals surface area (Å²) < 4.78 is 25.6. The number of nitrogens with zero attached hydrogens (tertiary/aromatic N) is 1. The zero-order chi connectivity index (χ0) is 15.5. The van der Waals surface area contributed by atoms with E-state index in [4.69, 9.17) is 0 Å². The molecule has 1 amide bonds. The molecule has 1 aromatic rings. The number of carbonyl (C=O) groups is 1. The third kappa shape index (κ3) is 3.58. The second-order valence-electron chi connectivity index (χ2n) is 5.07. The van der Waals surface area contributed by atoms with Crippen LogP contribution in [0.4, 0.5) is 5.69 Å². The predicted molar refractivity (Wildman–Crippen MR) is 80.1 cm³/mol. The molecule has 0 aliphatic heterocycles. The Morgan fingerprint density at radius 1 is 1.35 bits per heavy atom. The van der Waals surface area contributed by atoms with Gasteiger partial charge in [0.05, 0.1) is 4.90 Å². The fourth-order valence-corrected chi connectivity index (χ4v) is 2.75. The lowest BCUT2D eigenvalue weighted by Crippen LogP contribution is -2.24. The van der Waals surface area contributed by atoms with Gasteiger partial charge in [-0.2, -0.15) is 0 Å². The molecule has 0 radical (unpaired) electrons. The van der Waals surface area contributed by atoms with Crippen LogP contribution < -0.4 is 5.32 Å². The van der Waals surface area contributed by atoms with Crippen LogP contribution in [0.25, 0.3) is 0 Å². The summed E-state index contributed by atoms with van der Waals surface area (Å²) in [6.07, 6.45) is 0.737. The standard InChI is InChI=1S/C14H22N2O3S/c1-6-10(2)14(17)15-12-8-7-11(3)13(9-12)20(18,19)16(4)5/h7-10H,6H2,1-5H3,(H,15,17). The number of aryl methyl sites for hydroxylation is 1. The molecule has 0 heterocycles. The Balaban J connectivity index is 3.13. The van der Waals surface area contributed by atoms with Gasteiger partial charge in [0.15, 0.2) is 0 Å². The SMILES string of the molecule is CCC(C)C(=O)Nc1ccc(C)c(S(=O)(=O)N(C)C)c1. The van der Waals surface area contributed by atoms with Gasteiger partial charge in [0.25, 0.3) is 0 Å². The second kappa shape index (κ2) is 6.37. The first-order valence-electron chi connectivity index (χ1n) is 6.54. The topological polar surface area (TPSA) is 66.5 Å². The number of rotatable bonds is 5. The van der Waals surface area contributed by atoms with E-state index in [-0.39, 0.29) is 16.7 Å². The Morgan fingerprint density at radius 2 is 1.95 bits per heavy atom. The van der Waals surface area contributed by atoms with Crippen molar-refractivity contribution in [3.05, 3.63) is 23.8 Å². The van der Waals surface area contributed by atoms with Crippen molar-refractivity contribution in [2.45, 2.75) is 32.1 Å². The van der Waals surface area contributed by atoms with E-state index in [1.54, 1.807) is 19.1 Å². The minimum absolute atomic E-state index is 0.106. The maximum absolute atomic E-state index is 12.2. The Labute approximate surface area is 121 Å². The van der Waals surface area contributed by atoms with E-state index in [0.717, 1.165) is 10.7 Å². The fraction of sp³-hybridized carbons (Fsp3) is 0.500. The summed E-state index contributed by atoms with van der Waals surface area (Å²) in [5, 5.41) is 2.75. The van der Waals surface area contributed by atoms with Crippen LogP contribution in [0.15, 0.2) is 23.1 Å². The molecule has 6 heteroatoms. The number of hydrogen-bond acceptors (Lipinski definition) is 3. The monoisotopic (exact) mass is 298 g/mol. The van der Waals surface area contributed by atoms with Gasteiger partial charge in [-0.3, -0.25) is 4.79 Å². The highest BCUT2D eigenvalue weighted by atomic mass is 32.2. The number of anilines is 1. The molecule has 20 heavy (non-hydrogen) atoms. The van der Waals surface area contributed by atoms with Crippen LogP contribution >= 0.6 is 0 Å². The molecule has 0 aliphatic rings. The summed E-state index contributed by atoms with van der Waals surface area (Å²) in [5.41, 5.74) is 1.15. The lowest BCUT2D eigenvalue weighted by atomic mass is 10.1. The molecule has 0 aliphatic carbocycles. The van der Waals surface area contributed by atoms with Crippen LogP contribution in [-0.2, 0) is 14.8 Å². The Kier molecular flexibility index (Phi) is 5.30. The van der Waals surface area contributed by atoms with Gasteiger partial charge in [0, 0.05) is 25.7 Å². The molecule has 1 atom stereocenters. The smallest absolute Gasteiger partial charge is 0.242 e. The maximum Gasteiger partial charge on any atom is 0.242 e. The van der Waals surface area contributed by atoms with Gasteiger partial charge in [-0.15, -0.1) is 0 Å². The summed E-state index contributed by atoms with van der Waals surface area (Å²) in [6, 6.07) is 4.91. The van der Waals surface area contributed by atoms with Crippen molar-refractivity contribution in [2.75, 3.05) is 19.4 Å². The first-order chi connectivity index (χ1) is 9.20. The van der Waals surface area contributed by atoms with Gasteiger partial charge in [-0.05, 0) is 31.0 Å². The lowest BCUT2D eigenvalue weighted by Gasteiger charge is -2.16. The Bertz CT molecular complexity index is 594. The Hall–Kier alpha value is -1.40. The predicted octanol–water partition coefficient (Wildman–Crippen LogP) is 2.23. The average Bonchev–Trinajstić information content (AvgIpc) is 2.39. The number of sulfonamides is 1. The van der Waals surface area contributed by atoms with Crippen molar-refractivity contribution >= 4 is 21.6 Å². The minimum Gasteiger partial charge on any atom is -0.326 e. The van der Waals surface area contributed by atoms with Crippen molar-refractivity contribution in [3.8, 4) is 0 Å². The van der Waals surface area contributed by atoms with Gasteiger partial charge in [-0.25, -0.2) is 12.7 Å². The van der Waals surface area contributed by atoms with Gasteiger partial charge >= 0.3 is 0 Å². The highest BCUT2D eigenvalue weighted by Crippen LogP contribution is 2.22. The highest BCUT2D eigenvalue weighted by molar-refractivity contribution is 7.89. The van der Waals surface area contributed by atoms with E-state index >= 15 is 0 Å². The highest BCUT2D eigenvalue weighted by Gasteiger charge is 2.20. The van der Waals surface area contributed by atoms with E-state index < -0.39 is 10.0 Å².